The van der Waals surface area contributed by atoms with E-state index in [9.17, 15) is 9.59 Å². The van der Waals surface area contributed by atoms with Crippen molar-refractivity contribution in [2.75, 3.05) is 13.1 Å². The molecule has 0 bridgehead atoms. The van der Waals surface area contributed by atoms with Crippen LogP contribution < -0.4 is 0 Å². The average Bonchev–Trinajstić information content (AvgIpc) is 2.44. The van der Waals surface area contributed by atoms with Crippen molar-refractivity contribution in [1.29, 1.82) is 0 Å². The molecule has 0 aliphatic rings. The number of aryl methyl sites for hydroxylation is 1. The van der Waals surface area contributed by atoms with E-state index >= 15 is 0 Å². The topological polar surface area (TPSA) is 57.6 Å². The van der Waals surface area contributed by atoms with Gasteiger partial charge in [0.1, 0.15) is 6.54 Å². The van der Waals surface area contributed by atoms with Crippen molar-refractivity contribution in [2.24, 2.45) is 0 Å². The highest BCUT2D eigenvalue weighted by Gasteiger charge is 2.17. The van der Waals surface area contributed by atoms with E-state index < -0.39 is 5.97 Å². The summed E-state index contributed by atoms with van der Waals surface area (Å²) in [5.41, 5.74) is 1.70. The molecule has 20 heavy (non-hydrogen) atoms. The smallest absolute Gasteiger partial charge is 0.323 e. The van der Waals surface area contributed by atoms with Gasteiger partial charge in [-0.2, -0.15) is 0 Å². The predicted molar refractivity (Wildman–Crippen MR) is 78.8 cm³/mol. The van der Waals surface area contributed by atoms with E-state index in [-0.39, 0.29) is 19.0 Å². The Kier molecular flexibility index (Phi) is 6.50. The summed E-state index contributed by atoms with van der Waals surface area (Å²) >= 11 is 0. The van der Waals surface area contributed by atoms with Crippen LogP contribution in [0.1, 0.15) is 35.7 Å². The third-order valence-corrected chi connectivity index (χ3v) is 2.98. The molecular formula is C16H21NO3. The Morgan fingerprint density at radius 2 is 1.95 bits per heavy atom. The van der Waals surface area contributed by atoms with E-state index in [4.69, 9.17) is 5.11 Å². The molecule has 0 fully saturated rings. The average molecular weight is 275 g/mol. The monoisotopic (exact) mass is 275 g/mol. The molecule has 0 aromatic heterocycles. The lowest BCUT2D eigenvalue weighted by Crippen LogP contribution is -2.35. The number of carbonyl (C=O) groups is 2. The number of hydrogen-bond donors (Lipinski definition) is 1. The minimum Gasteiger partial charge on any atom is -0.480 e. The molecule has 0 saturated heterocycles. The van der Waals surface area contributed by atoms with Gasteiger partial charge in [-0.3, -0.25) is 9.59 Å². The van der Waals surface area contributed by atoms with E-state index in [1.165, 1.54) is 16.5 Å². The minimum absolute atomic E-state index is 0.225. The number of carbonyl (C=O) groups excluding carboxylic acids is 1. The first-order chi connectivity index (χ1) is 9.58. The number of rotatable bonds is 8. The van der Waals surface area contributed by atoms with Gasteiger partial charge in [-0.05, 0) is 30.5 Å². The molecule has 0 spiro atoms. The highest BCUT2D eigenvalue weighted by Crippen LogP contribution is 2.10. The Balaban J connectivity index is 2.78. The van der Waals surface area contributed by atoms with Crippen LogP contribution in [0.5, 0.6) is 0 Å². The number of aliphatic carboxylic acids is 1. The van der Waals surface area contributed by atoms with Crippen molar-refractivity contribution >= 4 is 11.9 Å². The maximum absolute atomic E-state index is 12.2. The third kappa shape index (κ3) is 4.88. The normalized spacial score (nSPS) is 10.1. The summed E-state index contributed by atoms with van der Waals surface area (Å²) in [5.74, 6) is -1.31. The Bertz CT molecular complexity index is 465. The van der Waals surface area contributed by atoms with Crippen molar-refractivity contribution in [3.63, 3.8) is 0 Å². The van der Waals surface area contributed by atoms with Crippen molar-refractivity contribution in [1.82, 2.24) is 4.90 Å². The van der Waals surface area contributed by atoms with Crippen molar-refractivity contribution < 1.29 is 14.7 Å². The Morgan fingerprint density at radius 3 is 2.45 bits per heavy atom. The molecule has 1 aromatic rings. The summed E-state index contributed by atoms with van der Waals surface area (Å²) < 4.78 is 0. The molecule has 1 aromatic carbocycles. The predicted octanol–water partition coefficient (Wildman–Crippen LogP) is 2.74. The van der Waals surface area contributed by atoms with Crippen LogP contribution >= 0.6 is 0 Å². The van der Waals surface area contributed by atoms with Gasteiger partial charge >= 0.3 is 5.97 Å². The van der Waals surface area contributed by atoms with Gasteiger partial charge in [0.15, 0.2) is 0 Å². The van der Waals surface area contributed by atoms with Gasteiger partial charge in [-0.15, -0.1) is 6.58 Å². The quantitative estimate of drug-likeness (QED) is 0.742. The van der Waals surface area contributed by atoms with Crippen LogP contribution in [0.25, 0.3) is 0 Å². The number of unbranched alkanes of at least 4 members (excludes halogenated alkanes) is 1. The fourth-order valence-electron chi connectivity index (χ4n) is 1.92. The second kappa shape index (κ2) is 8.15. The van der Waals surface area contributed by atoms with Crippen molar-refractivity contribution in [2.45, 2.75) is 26.2 Å². The van der Waals surface area contributed by atoms with E-state index in [0.29, 0.717) is 5.56 Å². The van der Waals surface area contributed by atoms with E-state index in [1.807, 2.05) is 12.1 Å². The van der Waals surface area contributed by atoms with E-state index in [1.54, 1.807) is 12.1 Å². The van der Waals surface area contributed by atoms with E-state index in [0.717, 1.165) is 19.3 Å². The molecule has 4 nitrogen and oxygen atoms in total. The summed E-state index contributed by atoms with van der Waals surface area (Å²) in [5, 5.41) is 8.82. The molecule has 4 heteroatoms. The second-order valence-corrected chi connectivity index (χ2v) is 4.67. The number of nitrogens with zero attached hydrogens (tertiary/aromatic N) is 1. The molecule has 0 saturated carbocycles. The standard InChI is InChI=1S/C16H21NO3/c1-3-5-6-13-7-9-14(10-8-13)16(20)17(11-4-2)12-15(18)19/h4,7-10H,2-3,5-6,11-12H2,1H3,(H,18,19). The summed E-state index contributed by atoms with van der Waals surface area (Å²) in [4.78, 5) is 24.2. The van der Waals surface area contributed by atoms with Gasteiger partial charge in [0, 0.05) is 12.1 Å². The zero-order chi connectivity index (χ0) is 15.0. The lowest BCUT2D eigenvalue weighted by atomic mass is 10.1. The molecule has 1 rings (SSSR count). The first-order valence-corrected chi connectivity index (χ1v) is 6.79. The van der Waals surface area contributed by atoms with Gasteiger partial charge in [0.25, 0.3) is 5.91 Å². The third-order valence-electron chi connectivity index (χ3n) is 2.98. The molecule has 1 N–H and O–H groups in total. The molecule has 0 radical (unpaired) electrons. The van der Waals surface area contributed by atoms with Crippen LogP contribution in [0, 0.1) is 0 Å². The molecule has 0 aliphatic carbocycles. The van der Waals surface area contributed by atoms with Gasteiger partial charge in [-0.25, -0.2) is 0 Å². The number of carboxylic acids is 1. The Labute approximate surface area is 119 Å². The zero-order valence-corrected chi connectivity index (χ0v) is 11.8. The van der Waals surface area contributed by atoms with E-state index in [2.05, 4.69) is 13.5 Å². The lowest BCUT2D eigenvalue weighted by molar-refractivity contribution is -0.137. The Hall–Kier alpha value is -2.10. The van der Waals surface area contributed by atoms with Crippen molar-refractivity contribution in [3.8, 4) is 0 Å². The van der Waals surface area contributed by atoms with Crippen LogP contribution in [0.3, 0.4) is 0 Å². The maximum atomic E-state index is 12.2. The first kappa shape index (κ1) is 16.0. The molecule has 1 amide bonds. The molecule has 0 unspecified atom stereocenters. The van der Waals surface area contributed by atoms with Crippen LogP contribution in [0.4, 0.5) is 0 Å². The van der Waals surface area contributed by atoms with Gasteiger partial charge < -0.3 is 10.0 Å². The first-order valence-electron chi connectivity index (χ1n) is 6.79. The van der Waals surface area contributed by atoms with Crippen LogP contribution in [0.15, 0.2) is 36.9 Å². The number of amides is 1. The van der Waals surface area contributed by atoms with Gasteiger partial charge in [0.2, 0.25) is 0 Å². The highest BCUT2D eigenvalue weighted by molar-refractivity contribution is 5.96. The van der Waals surface area contributed by atoms with Crippen LogP contribution in [0.2, 0.25) is 0 Å². The van der Waals surface area contributed by atoms with Crippen LogP contribution in [-0.4, -0.2) is 35.0 Å². The lowest BCUT2D eigenvalue weighted by Gasteiger charge is -2.19. The second-order valence-electron chi connectivity index (χ2n) is 4.67. The van der Waals surface area contributed by atoms with Crippen LogP contribution in [-0.2, 0) is 11.2 Å². The summed E-state index contributed by atoms with van der Waals surface area (Å²) in [6.07, 6.45) is 4.77. The number of hydrogen-bond acceptors (Lipinski definition) is 2. The highest BCUT2D eigenvalue weighted by atomic mass is 16.4. The van der Waals surface area contributed by atoms with Gasteiger partial charge in [-0.1, -0.05) is 31.6 Å². The van der Waals surface area contributed by atoms with Gasteiger partial charge in [0.05, 0.1) is 0 Å². The fraction of sp³-hybridized carbons (Fsp3) is 0.375. The molecular weight excluding hydrogens is 254 g/mol. The maximum Gasteiger partial charge on any atom is 0.323 e. The largest absolute Gasteiger partial charge is 0.480 e. The molecule has 0 aliphatic heterocycles. The SMILES string of the molecule is C=CCN(CC(=O)O)C(=O)c1ccc(CCCC)cc1. The summed E-state index contributed by atoms with van der Waals surface area (Å²) in [6, 6.07) is 7.36. The molecule has 108 valence electrons. The number of benzene rings is 1. The Morgan fingerprint density at radius 1 is 1.30 bits per heavy atom. The summed E-state index contributed by atoms with van der Waals surface area (Å²) in [7, 11) is 0. The minimum atomic E-state index is -1.03. The molecule has 0 heterocycles. The summed E-state index contributed by atoms with van der Waals surface area (Å²) in [6.45, 7) is 5.59. The molecule has 0 atom stereocenters. The fourth-order valence-corrected chi connectivity index (χ4v) is 1.92. The zero-order valence-electron chi connectivity index (χ0n) is 11.8. The number of carboxylic acid groups (broad SMARTS) is 1. The van der Waals surface area contributed by atoms with Crippen molar-refractivity contribution in [3.05, 3.63) is 48.0 Å².